The Labute approximate surface area is 81.4 Å². The monoisotopic (exact) mass is 176 g/mol. The maximum Gasteiger partial charge on any atom is 0.0233 e. The van der Waals surface area contributed by atoms with E-state index in [9.17, 15) is 0 Å². The van der Waals surface area contributed by atoms with Crippen molar-refractivity contribution >= 4 is 0 Å². The van der Waals surface area contributed by atoms with Gasteiger partial charge < -0.3 is 0 Å². The summed E-state index contributed by atoms with van der Waals surface area (Å²) in [7, 11) is 2.12. The summed E-state index contributed by atoms with van der Waals surface area (Å²) in [5.41, 5.74) is 1.35. The fourth-order valence-electron chi connectivity index (χ4n) is 1.31. The van der Waals surface area contributed by atoms with Crippen molar-refractivity contribution in [2.45, 2.75) is 25.9 Å². The molecule has 0 saturated carbocycles. The Morgan fingerprint density at radius 3 is 2.46 bits per heavy atom. The molecule has 0 N–H and O–H groups in total. The van der Waals surface area contributed by atoms with Crippen molar-refractivity contribution < 1.29 is 0 Å². The minimum absolute atomic E-state index is 0.417. The van der Waals surface area contributed by atoms with Crippen molar-refractivity contribution in [2.75, 3.05) is 7.05 Å². The zero-order valence-electron chi connectivity index (χ0n) is 8.53. The van der Waals surface area contributed by atoms with Gasteiger partial charge in [0.05, 0.1) is 0 Å². The first kappa shape index (κ1) is 10.3. The Kier molecular flexibility index (Phi) is 3.97. The van der Waals surface area contributed by atoms with Crippen LogP contribution in [0.5, 0.6) is 0 Å². The molecular weight excluding hydrogens is 158 g/mol. The van der Waals surface area contributed by atoms with E-state index in [2.05, 4.69) is 50.1 Å². The van der Waals surface area contributed by atoms with Crippen molar-refractivity contribution in [3.63, 3.8) is 0 Å². The highest BCUT2D eigenvalue weighted by Crippen LogP contribution is 2.07. The smallest absolute Gasteiger partial charge is 0.0233 e. The highest BCUT2D eigenvalue weighted by molar-refractivity contribution is 5.14. The van der Waals surface area contributed by atoms with Crippen LogP contribution in [0.2, 0.25) is 0 Å². The molecule has 0 spiro atoms. The second-order valence-electron chi connectivity index (χ2n) is 3.46. The summed E-state index contributed by atoms with van der Waals surface area (Å²) in [6, 6.07) is 10.9. The SMILES string of the molecule is [CH2]C(CC)N(C)Cc1ccccc1. The average molecular weight is 176 g/mol. The van der Waals surface area contributed by atoms with E-state index in [4.69, 9.17) is 0 Å². The highest BCUT2D eigenvalue weighted by Gasteiger charge is 2.06. The van der Waals surface area contributed by atoms with Crippen molar-refractivity contribution in [2.24, 2.45) is 0 Å². The molecule has 1 aromatic rings. The molecule has 1 nitrogen and oxygen atoms in total. The molecule has 1 rings (SSSR count). The summed E-state index contributed by atoms with van der Waals surface area (Å²) >= 11 is 0. The molecule has 0 aliphatic rings. The Bertz CT molecular complexity index is 230. The van der Waals surface area contributed by atoms with Crippen LogP contribution in [0.3, 0.4) is 0 Å². The van der Waals surface area contributed by atoms with Crippen molar-refractivity contribution in [3.05, 3.63) is 42.8 Å². The van der Waals surface area contributed by atoms with Gasteiger partial charge in [-0.1, -0.05) is 37.3 Å². The van der Waals surface area contributed by atoms with E-state index >= 15 is 0 Å². The maximum absolute atomic E-state index is 4.08. The predicted octanol–water partition coefficient (Wildman–Crippen LogP) is 2.73. The number of benzene rings is 1. The Morgan fingerprint density at radius 2 is 1.92 bits per heavy atom. The van der Waals surface area contributed by atoms with E-state index in [0.717, 1.165) is 13.0 Å². The molecule has 0 aliphatic carbocycles. The Balaban J connectivity index is 2.50. The van der Waals surface area contributed by atoms with Crippen LogP contribution in [0.4, 0.5) is 0 Å². The van der Waals surface area contributed by atoms with Crippen molar-refractivity contribution in [1.29, 1.82) is 0 Å². The number of hydrogen-bond donors (Lipinski definition) is 0. The number of nitrogens with zero attached hydrogens (tertiary/aromatic N) is 1. The summed E-state index contributed by atoms with van der Waals surface area (Å²) in [4.78, 5) is 2.27. The number of hydrogen-bond acceptors (Lipinski definition) is 1. The van der Waals surface area contributed by atoms with Gasteiger partial charge in [0.1, 0.15) is 0 Å². The topological polar surface area (TPSA) is 3.24 Å². The minimum Gasteiger partial charge on any atom is -0.299 e. The molecule has 0 saturated heterocycles. The van der Waals surface area contributed by atoms with Crippen molar-refractivity contribution in [1.82, 2.24) is 4.90 Å². The second-order valence-corrected chi connectivity index (χ2v) is 3.46. The third-order valence-electron chi connectivity index (χ3n) is 2.37. The van der Waals surface area contributed by atoms with Gasteiger partial charge in [-0.3, -0.25) is 4.90 Å². The lowest BCUT2D eigenvalue weighted by molar-refractivity contribution is 0.266. The van der Waals surface area contributed by atoms with Crippen LogP contribution in [0, 0.1) is 6.92 Å². The van der Waals surface area contributed by atoms with Gasteiger partial charge in [0.2, 0.25) is 0 Å². The summed E-state index contributed by atoms with van der Waals surface area (Å²) in [5, 5.41) is 0. The summed E-state index contributed by atoms with van der Waals surface area (Å²) in [6.07, 6.45) is 1.10. The first-order valence-corrected chi connectivity index (χ1v) is 4.81. The average Bonchev–Trinajstić information content (AvgIpc) is 2.18. The van der Waals surface area contributed by atoms with Crippen LogP contribution in [0.1, 0.15) is 18.9 Å². The first-order chi connectivity index (χ1) is 6.24. The molecule has 0 aromatic heterocycles. The lowest BCUT2D eigenvalue weighted by Gasteiger charge is -2.23. The molecule has 13 heavy (non-hydrogen) atoms. The van der Waals surface area contributed by atoms with Gasteiger partial charge in [-0.25, -0.2) is 0 Å². The van der Waals surface area contributed by atoms with Gasteiger partial charge in [-0.15, -0.1) is 0 Å². The van der Waals surface area contributed by atoms with Gasteiger partial charge in [0, 0.05) is 12.6 Å². The van der Waals surface area contributed by atoms with E-state index in [0.29, 0.717) is 6.04 Å². The van der Waals surface area contributed by atoms with Crippen LogP contribution in [0.15, 0.2) is 30.3 Å². The zero-order valence-corrected chi connectivity index (χ0v) is 8.53. The van der Waals surface area contributed by atoms with Crippen LogP contribution in [0.25, 0.3) is 0 Å². The molecule has 1 radical (unpaired) electrons. The lowest BCUT2D eigenvalue weighted by atomic mass is 10.2. The third-order valence-corrected chi connectivity index (χ3v) is 2.37. The Hall–Kier alpha value is -0.820. The Morgan fingerprint density at radius 1 is 1.31 bits per heavy atom. The van der Waals surface area contributed by atoms with Gasteiger partial charge in [0.25, 0.3) is 0 Å². The quantitative estimate of drug-likeness (QED) is 0.682. The van der Waals surface area contributed by atoms with Crippen molar-refractivity contribution in [3.8, 4) is 0 Å². The molecule has 0 aliphatic heterocycles. The van der Waals surface area contributed by atoms with E-state index in [1.54, 1.807) is 0 Å². The van der Waals surface area contributed by atoms with Crippen LogP contribution in [-0.4, -0.2) is 18.0 Å². The second kappa shape index (κ2) is 5.03. The molecule has 1 aromatic carbocycles. The molecule has 0 bridgehead atoms. The van der Waals surface area contributed by atoms with Crippen LogP contribution in [-0.2, 0) is 6.54 Å². The summed E-state index contributed by atoms with van der Waals surface area (Å²) in [6.45, 7) is 7.23. The number of rotatable bonds is 4. The molecule has 71 valence electrons. The van der Waals surface area contributed by atoms with Crippen LogP contribution < -0.4 is 0 Å². The van der Waals surface area contributed by atoms with E-state index < -0.39 is 0 Å². The maximum atomic E-state index is 4.08. The molecular formula is C12H18N. The normalized spacial score (nSPS) is 13.2. The fraction of sp³-hybridized carbons (Fsp3) is 0.417. The van der Waals surface area contributed by atoms with Gasteiger partial charge in [-0.2, -0.15) is 0 Å². The zero-order chi connectivity index (χ0) is 9.68. The summed E-state index contributed by atoms with van der Waals surface area (Å²) in [5.74, 6) is 0. The van der Waals surface area contributed by atoms with Gasteiger partial charge >= 0.3 is 0 Å². The highest BCUT2D eigenvalue weighted by atomic mass is 15.1. The molecule has 1 unspecified atom stereocenters. The summed E-state index contributed by atoms with van der Waals surface area (Å²) < 4.78 is 0. The lowest BCUT2D eigenvalue weighted by Crippen LogP contribution is -2.27. The van der Waals surface area contributed by atoms with E-state index in [-0.39, 0.29) is 0 Å². The van der Waals surface area contributed by atoms with E-state index in [1.165, 1.54) is 5.56 Å². The third kappa shape index (κ3) is 3.19. The molecule has 0 amide bonds. The van der Waals surface area contributed by atoms with Crippen LogP contribution >= 0.6 is 0 Å². The standard InChI is InChI=1S/C12H18N/c1-4-11(2)13(3)10-12-8-6-5-7-9-12/h5-9,11H,2,4,10H2,1,3H3. The van der Waals surface area contributed by atoms with Gasteiger partial charge in [-0.05, 0) is 26.0 Å². The largest absolute Gasteiger partial charge is 0.299 e. The van der Waals surface area contributed by atoms with E-state index in [1.807, 2.05) is 6.07 Å². The molecule has 0 fully saturated rings. The predicted molar refractivity (Wildman–Crippen MR) is 57.3 cm³/mol. The first-order valence-electron chi connectivity index (χ1n) is 4.81. The molecule has 0 heterocycles. The van der Waals surface area contributed by atoms with Gasteiger partial charge in [0.15, 0.2) is 0 Å². The molecule has 1 atom stereocenters. The molecule has 1 heteroatoms. The minimum atomic E-state index is 0.417. The fourth-order valence-corrected chi connectivity index (χ4v) is 1.31.